The summed E-state index contributed by atoms with van der Waals surface area (Å²) in [5, 5.41) is 0. The third kappa shape index (κ3) is 7.37. The monoisotopic (exact) mass is 268 g/mol. The van der Waals surface area contributed by atoms with Gasteiger partial charge in [0, 0.05) is 0 Å². The molecule has 0 saturated heterocycles. The Hall–Kier alpha value is 0. The Morgan fingerprint density at radius 2 is 1.32 bits per heavy atom. The maximum atomic E-state index is 2.50. The van der Waals surface area contributed by atoms with Crippen molar-refractivity contribution >= 4 is 0 Å². The first-order chi connectivity index (χ1) is 9.06. The lowest BCUT2D eigenvalue weighted by molar-refractivity contribution is 0.161. The van der Waals surface area contributed by atoms with E-state index < -0.39 is 0 Å². The van der Waals surface area contributed by atoms with Crippen molar-refractivity contribution in [3.63, 3.8) is 0 Å². The second-order valence-corrected chi connectivity index (χ2v) is 6.91. The van der Waals surface area contributed by atoms with E-state index in [0.717, 1.165) is 11.8 Å². The Balaban J connectivity index is 4.35. The van der Waals surface area contributed by atoms with Gasteiger partial charge in [-0.3, -0.25) is 0 Å². The Morgan fingerprint density at radius 3 is 1.74 bits per heavy atom. The van der Waals surface area contributed by atoms with Crippen molar-refractivity contribution < 1.29 is 0 Å². The molecule has 0 aromatic heterocycles. The minimum absolute atomic E-state index is 0.581. The average Bonchev–Trinajstić information content (AvgIpc) is 2.45. The summed E-state index contributed by atoms with van der Waals surface area (Å²) < 4.78 is 0. The molecule has 2 atom stereocenters. The molecule has 2 unspecified atom stereocenters. The summed E-state index contributed by atoms with van der Waals surface area (Å²) in [6.07, 6.45) is 14.0. The highest BCUT2D eigenvalue weighted by Crippen LogP contribution is 2.39. The number of hydrogen-bond donors (Lipinski definition) is 0. The van der Waals surface area contributed by atoms with E-state index in [0.29, 0.717) is 5.41 Å². The zero-order chi connectivity index (χ0) is 14.7. The molecule has 0 bridgehead atoms. The van der Waals surface area contributed by atoms with Crippen LogP contribution in [0.25, 0.3) is 0 Å². The number of hydrogen-bond acceptors (Lipinski definition) is 0. The highest BCUT2D eigenvalue weighted by Gasteiger charge is 2.27. The Labute approximate surface area is 123 Å². The lowest BCUT2D eigenvalue weighted by atomic mass is 9.71. The fourth-order valence-electron chi connectivity index (χ4n) is 3.42. The van der Waals surface area contributed by atoms with E-state index in [4.69, 9.17) is 0 Å². The lowest BCUT2D eigenvalue weighted by Crippen LogP contribution is -2.24. The molecular formula is C19H40. The van der Waals surface area contributed by atoms with Crippen LogP contribution in [0.1, 0.15) is 106 Å². The summed E-state index contributed by atoms with van der Waals surface area (Å²) in [4.78, 5) is 0. The van der Waals surface area contributed by atoms with Crippen LogP contribution in [-0.4, -0.2) is 0 Å². The third-order valence-electron chi connectivity index (χ3n) is 5.61. The Kier molecular flexibility index (Phi) is 10.7. The van der Waals surface area contributed by atoms with Crippen LogP contribution >= 0.6 is 0 Å². The van der Waals surface area contributed by atoms with E-state index in [1.54, 1.807) is 0 Å². The molecule has 0 amide bonds. The molecule has 116 valence electrons. The normalized spacial score (nSPS) is 15.5. The van der Waals surface area contributed by atoms with Gasteiger partial charge in [0.25, 0.3) is 0 Å². The molecule has 0 N–H and O–H groups in total. The molecule has 0 heteroatoms. The van der Waals surface area contributed by atoms with Crippen LogP contribution in [0.4, 0.5) is 0 Å². The fourth-order valence-corrected chi connectivity index (χ4v) is 3.42. The summed E-state index contributed by atoms with van der Waals surface area (Å²) in [6, 6.07) is 0. The maximum absolute atomic E-state index is 2.50. The van der Waals surface area contributed by atoms with Crippen molar-refractivity contribution in [1.82, 2.24) is 0 Å². The summed E-state index contributed by atoms with van der Waals surface area (Å²) in [5.74, 6) is 1.93. The summed E-state index contributed by atoms with van der Waals surface area (Å²) >= 11 is 0. The quantitative estimate of drug-likeness (QED) is 0.328. The first kappa shape index (κ1) is 19.0. The minimum Gasteiger partial charge on any atom is -0.0654 e. The molecule has 0 radical (unpaired) electrons. The van der Waals surface area contributed by atoms with Gasteiger partial charge in [0.05, 0.1) is 0 Å². The molecular weight excluding hydrogens is 228 g/mol. The fraction of sp³-hybridized carbons (Fsp3) is 1.00. The molecule has 19 heavy (non-hydrogen) atoms. The van der Waals surface area contributed by atoms with Gasteiger partial charge >= 0.3 is 0 Å². The van der Waals surface area contributed by atoms with E-state index >= 15 is 0 Å². The van der Waals surface area contributed by atoms with Crippen LogP contribution in [0.15, 0.2) is 0 Å². The van der Waals surface area contributed by atoms with Crippen LogP contribution in [0.3, 0.4) is 0 Å². The first-order valence-corrected chi connectivity index (χ1v) is 9.06. The second-order valence-electron chi connectivity index (χ2n) is 6.91. The summed E-state index contributed by atoms with van der Waals surface area (Å²) in [7, 11) is 0. The van der Waals surface area contributed by atoms with Gasteiger partial charge in [0.2, 0.25) is 0 Å². The molecule has 0 nitrogen and oxygen atoms in total. The zero-order valence-corrected chi connectivity index (χ0v) is 14.7. The predicted molar refractivity (Wildman–Crippen MR) is 89.6 cm³/mol. The molecule has 0 rings (SSSR count). The van der Waals surface area contributed by atoms with Crippen molar-refractivity contribution in [3.8, 4) is 0 Å². The van der Waals surface area contributed by atoms with Crippen LogP contribution in [0.5, 0.6) is 0 Å². The van der Waals surface area contributed by atoms with Gasteiger partial charge in [0.15, 0.2) is 0 Å². The molecule has 0 aliphatic rings. The number of unbranched alkanes of at least 4 members (excludes halogenated alkanes) is 3. The molecule has 0 fully saturated rings. The van der Waals surface area contributed by atoms with Gasteiger partial charge in [-0.05, 0) is 23.7 Å². The Morgan fingerprint density at radius 1 is 0.737 bits per heavy atom. The zero-order valence-electron chi connectivity index (χ0n) is 14.7. The van der Waals surface area contributed by atoms with Crippen LogP contribution in [-0.2, 0) is 0 Å². The topological polar surface area (TPSA) is 0 Å². The van der Waals surface area contributed by atoms with Crippen LogP contribution in [0, 0.1) is 17.3 Å². The van der Waals surface area contributed by atoms with E-state index in [2.05, 4.69) is 41.5 Å². The van der Waals surface area contributed by atoms with Crippen LogP contribution in [0.2, 0.25) is 0 Å². The van der Waals surface area contributed by atoms with Gasteiger partial charge in [-0.15, -0.1) is 0 Å². The van der Waals surface area contributed by atoms with Crippen molar-refractivity contribution in [2.45, 2.75) is 106 Å². The second kappa shape index (κ2) is 10.7. The average molecular weight is 269 g/mol. The van der Waals surface area contributed by atoms with E-state index in [1.165, 1.54) is 64.2 Å². The van der Waals surface area contributed by atoms with Crippen molar-refractivity contribution in [1.29, 1.82) is 0 Å². The summed E-state index contributed by atoms with van der Waals surface area (Å²) in [5.41, 5.74) is 0.581. The molecule has 0 aromatic rings. The van der Waals surface area contributed by atoms with Crippen LogP contribution < -0.4 is 0 Å². The largest absolute Gasteiger partial charge is 0.0654 e. The first-order valence-electron chi connectivity index (χ1n) is 9.06. The van der Waals surface area contributed by atoms with Gasteiger partial charge in [-0.25, -0.2) is 0 Å². The van der Waals surface area contributed by atoms with Gasteiger partial charge in [-0.1, -0.05) is 99.3 Å². The molecule has 0 saturated carbocycles. The van der Waals surface area contributed by atoms with Gasteiger partial charge < -0.3 is 0 Å². The smallest absolute Gasteiger partial charge is 0.0328 e. The number of rotatable bonds is 12. The van der Waals surface area contributed by atoms with Crippen molar-refractivity contribution in [2.75, 3.05) is 0 Å². The van der Waals surface area contributed by atoms with E-state index in [-0.39, 0.29) is 0 Å². The highest BCUT2D eigenvalue weighted by molar-refractivity contribution is 4.78. The predicted octanol–water partition coefficient (Wildman–Crippen LogP) is 7.23. The van der Waals surface area contributed by atoms with Crippen molar-refractivity contribution in [2.24, 2.45) is 17.3 Å². The summed E-state index contributed by atoms with van der Waals surface area (Å²) in [6.45, 7) is 14.4. The molecule has 0 aromatic carbocycles. The van der Waals surface area contributed by atoms with Gasteiger partial charge in [0.1, 0.15) is 0 Å². The SMILES string of the molecule is CCCCCCC(CC)C(CC)CC(C)(CC)CC. The third-order valence-corrected chi connectivity index (χ3v) is 5.61. The molecule has 0 spiro atoms. The highest BCUT2D eigenvalue weighted by atomic mass is 14.3. The van der Waals surface area contributed by atoms with Crippen molar-refractivity contribution in [3.05, 3.63) is 0 Å². The lowest BCUT2D eigenvalue weighted by Gasteiger charge is -2.35. The molecule has 0 aliphatic carbocycles. The minimum atomic E-state index is 0.581. The van der Waals surface area contributed by atoms with E-state index in [1.807, 2.05) is 0 Å². The van der Waals surface area contributed by atoms with Gasteiger partial charge in [-0.2, -0.15) is 0 Å². The standard InChI is InChI=1S/C19H40/c1-7-12-13-14-15-17(8-2)18(9-3)16-19(6,10-4)11-5/h17-18H,7-16H2,1-6H3. The van der Waals surface area contributed by atoms with E-state index in [9.17, 15) is 0 Å². The molecule has 0 heterocycles. The maximum Gasteiger partial charge on any atom is -0.0328 e. The molecule has 0 aliphatic heterocycles. The Bertz CT molecular complexity index is 190.